The van der Waals surface area contributed by atoms with Gasteiger partial charge in [-0.25, -0.2) is 21.2 Å². The van der Waals surface area contributed by atoms with Crippen molar-refractivity contribution in [1.82, 2.24) is 4.72 Å². The summed E-state index contributed by atoms with van der Waals surface area (Å²) in [7, 11) is -7.61. The number of carbonyl (C=O) groups is 1. The Morgan fingerprint density at radius 3 is 2.23 bits per heavy atom. The van der Waals surface area contributed by atoms with Gasteiger partial charge in [0.05, 0.1) is 10.6 Å². The average Bonchev–Trinajstić information content (AvgIpc) is 2.43. The van der Waals surface area contributed by atoms with Gasteiger partial charge < -0.3 is 5.11 Å². The van der Waals surface area contributed by atoms with Crippen molar-refractivity contribution in [1.29, 1.82) is 0 Å². The number of rotatable bonds is 8. The summed E-state index contributed by atoms with van der Waals surface area (Å²) in [5, 5.41) is 9.02. The van der Waals surface area contributed by atoms with E-state index in [9.17, 15) is 26.0 Å². The van der Waals surface area contributed by atoms with Gasteiger partial charge >= 0.3 is 5.97 Å². The zero-order valence-corrected chi connectivity index (χ0v) is 13.3. The van der Waals surface area contributed by atoms with Crippen molar-refractivity contribution < 1.29 is 31.1 Å². The Labute approximate surface area is 128 Å². The van der Waals surface area contributed by atoms with E-state index < -0.39 is 49.9 Å². The fraction of sp³-hybridized carbons (Fsp3) is 0.417. The third-order valence-electron chi connectivity index (χ3n) is 2.88. The van der Waals surface area contributed by atoms with Crippen LogP contribution in [0.3, 0.4) is 0 Å². The predicted octanol–water partition coefficient (Wildman–Crippen LogP) is 0.382. The first-order valence-electron chi connectivity index (χ1n) is 6.28. The highest BCUT2D eigenvalue weighted by Crippen LogP contribution is 2.11. The molecule has 2 N–H and O–H groups in total. The highest BCUT2D eigenvalue weighted by Gasteiger charge is 2.26. The van der Waals surface area contributed by atoms with E-state index in [4.69, 9.17) is 5.11 Å². The number of halogens is 1. The lowest BCUT2D eigenvalue weighted by Crippen LogP contribution is -2.41. The Morgan fingerprint density at radius 2 is 1.77 bits per heavy atom. The maximum Gasteiger partial charge on any atom is 0.321 e. The highest BCUT2D eigenvalue weighted by atomic mass is 32.2. The molecule has 1 atom stereocenters. The van der Waals surface area contributed by atoms with Gasteiger partial charge in [-0.05, 0) is 30.7 Å². The fourth-order valence-corrected chi connectivity index (χ4v) is 3.65. The van der Waals surface area contributed by atoms with Gasteiger partial charge in [-0.1, -0.05) is 6.92 Å². The number of hydrogen-bond acceptors (Lipinski definition) is 5. The summed E-state index contributed by atoms with van der Waals surface area (Å²) in [6.45, 7) is 1.41. The summed E-state index contributed by atoms with van der Waals surface area (Å²) >= 11 is 0. The second-order valence-corrected chi connectivity index (χ2v) is 8.68. The lowest BCUT2D eigenvalue weighted by atomic mass is 10.2. The van der Waals surface area contributed by atoms with E-state index in [0.717, 1.165) is 24.3 Å². The SMILES string of the molecule is CCS(=O)(=O)CCC(NS(=O)(=O)c1ccc(F)cc1)C(=O)O. The standard InChI is InChI=1S/C12H16FNO6S2/c1-2-21(17,18)8-7-11(12(15)16)14-22(19,20)10-5-3-9(13)4-6-10/h3-6,11,14H,2,7-8H2,1H3,(H,15,16). The van der Waals surface area contributed by atoms with Gasteiger partial charge in [-0.15, -0.1) is 0 Å². The van der Waals surface area contributed by atoms with Crippen LogP contribution in [0.25, 0.3) is 0 Å². The summed E-state index contributed by atoms with van der Waals surface area (Å²) in [4.78, 5) is 10.8. The fourth-order valence-electron chi connectivity index (χ4n) is 1.54. The first kappa shape index (κ1) is 18.5. The second-order valence-electron chi connectivity index (χ2n) is 4.49. The van der Waals surface area contributed by atoms with Crippen LogP contribution in [0.1, 0.15) is 13.3 Å². The third kappa shape index (κ3) is 5.35. The molecule has 1 aromatic carbocycles. The Hall–Kier alpha value is -1.52. The topological polar surface area (TPSA) is 118 Å². The molecule has 0 aromatic heterocycles. The van der Waals surface area contributed by atoms with Crippen molar-refractivity contribution in [3.63, 3.8) is 0 Å². The zero-order chi connectivity index (χ0) is 17.0. The molecule has 22 heavy (non-hydrogen) atoms. The molecule has 0 saturated carbocycles. The first-order valence-corrected chi connectivity index (χ1v) is 9.59. The van der Waals surface area contributed by atoms with Crippen LogP contribution in [0.5, 0.6) is 0 Å². The van der Waals surface area contributed by atoms with Crippen molar-refractivity contribution in [2.45, 2.75) is 24.3 Å². The van der Waals surface area contributed by atoms with Crippen LogP contribution in [0, 0.1) is 5.82 Å². The van der Waals surface area contributed by atoms with Crippen molar-refractivity contribution in [3.05, 3.63) is 30.1 Å². The molecule has 0 amide bonds. The maximum atomic E-state index is 12.8. The third-order valence-corrected chi connectivity index (χ3v) is 6.10. The molecule has 1 unspecified atom stereocenters. The molecule has 0 aliphatic rings. The van der Waals surface area contributed by atoms with Gasteiger partial charge in [-0.3, -0.25) is 4.79 Å². The molecule has 0 aliphatic heterocycles. The lowest BCUT2D eigenvalue weighted by molar-refractivity contribution is -0.139. The lowest BCUT2D eigenvalue weighted by Gasteiger charge is -2.14. The summed E-state index contributed by atoms with van der Waals surface area (Å²) < 4.78 is 61.5. The van der Waals surface area contributed by atoms with E-state index in [2.05, 4.69) is 0 Å². The molecule has 10 heteroatoms. The van der Waals surface area contributed by atoms with Crippen molar-refractivity contribution >= 4 is 25.8 Å². The molecular weight excluding hydrogens is 337 g/mol. The minimum atomic E-state index is -4.19. The van der Waals surface area contributed by atoms with Gasteiger partial charge in [0, 0.05) is 5.75 Å². The Kier molecular flexibility index (Phi) is 6.03. The van der Waals surface area contributed by atoms with Crippen LogP contribution in [0.2, 0.25) is 0 Å². The molecule has 1 rings (SSSR count). The molecule has 0 saturated heterocycles. The van der Waals surface area contributed by atoms with Crippen LogP contribution < -0.4 is 4.72 Å². The molecule has 0 aliphatic carbocycles. The number of carboxylic acid groups (broad SMARTS) is 1. The van der Waals surface area contributed by atoms with E-state index in [1.54, 1.807) is 0 Å². The van der Waals surface area contributed by atoms with Gasteiger partial charge in [-0.2, -0.15) is 4.72 Å². The van der Waals surface area contributed by atoms with Gasteiger partial charge in [0.25, 0.3) is 0 Å². The minimum Gasteiger partial charge on any atom is -0.480 e. The average molecular weight is 353 g/mol. The molecule has 124 valence electrons. The Balaban J connectivity index is 2.90. The minimum absolute atomic E-state index is 0.163. The van der Waals surface area contributed by atoms with E-state index in [-0.39, 0.29) is 10.6 Å². The quantitative estimate of drug-likeness (QED) is 0.698. The van der Waals surface area contributed by atoms with Crippen LogP contribution in [0.4, 0.5) is 4.39 Å². The van der Waals surface area contributed by atoms with E-state index in [1.165, 1.54) is 6.92 Å². The Morgan fingerprint density at radius 1 is 1.23 bits per heavy atom. The van der Waals surface area contributed by atoms with Gasteiger partial charge in [0.2, 0.25) is 10.0 Å². The summed E-state index contributed by atoms with van der Waals surface area (Å²) in [5.41, 5.74) is 0. The van der Waals surface area contributed by atoms with Crippen LogP contribution in [-0.4, -0.2) is 45.5 Å². The second kappa shape index (κ2) is 7.16. The van der Waals surface area contributed by atoms with Crippen LogP contribution in [-0.2, 0) is 24.7 Å². The number of aliphatic carboxylic acids is 1. The molecular formula is C12H16FNO6S2. The smallest absolute Gasteiger partial charge is 0.321 e. The molecule has 7 nitrogen and oxygen atoms in total. The number of sulfonamides is 1. The zero-order valence-electron chi connectivity index (χ0n) is 11.7. The molecule has 0 radical (unpaired) electrons. The molecule has 0 heterocycles. The van der Waals surface area contributed by atoms with Crippen LogP contribution >= 0.6 is 0 Å². The maximum absolute atomic E-state index is 12.8. The summed E-state index contributed by atoms with van der Waals surface area (Å²) in [5.74, 6) is -2.74. The van der Waals surface area contributed by atoms with Crippen molar-refractivity contribution in [3.8, 4) is 0 Å². The normalized spacial score (nSPS) is 13.7. The first-order chi connectivity index (χ1) is 10.1. The van der Waals surface area contributed by atoms with Gasteiger partial charge in [0.1, 0.15) is 21.7 Å². The number of benzene rings is 1. The largest absolute Gasteiger partial charge is 0.480 e. The number of carboxylic acids is 1. The van der Waals surface area contributed by atoms with Crippen molar-refractivity contribution in [2.24, 2.45) is 0 Å². The molecule has 1 aromatic rings. The number of hydrogen-bond donors (Lipinski definition) is 2. The molecule has 0 spiro atoms. The molecule has 0 fully saturated rings. The van der Waals surface area contributed by atoms with E-state index >= 15 is 0 Å². The summed E-state index contributed by atoms with van der Waals surface area (Å²) in [6.07, 6.45) is -0.397. The summed E-state index contributed by atoms with van der Waals surface area (Å²) in [6, 6.07) is 2.23. The van der Waals surface area contributed by atoms with Gasteiger partial charge in [0.15, 0.2) is 0 Å². The number of sulfone groups is 1. The van der Waals surface area contributed by atoms with Crippen molar-refractivity contribution in [2.75, 3.05) is 11.5 Å². The predicted molar refractivity (Wildman–Crippen MR) is 77.1 cm³/mol. The monoisotopic (exact) mass is 353 g/mol. The van der Waals surface area contributed by atoms with E-state index in [0.29, 0.717) is 0 Å². The van der Waals surface area contributed by atoms with Crippen LogP contribution in [0.15, 0.2) is 29.2 Å². The highest BCUT2D eigenvalue weighted by molar-refractivity contribution is 7.91. The molecule has 0 bridgehead atoms. The Bertz CT molecular complexity index is 727. The van der Waals surface area contributed by atoms with E-state index in [1.807, 2.05) is 4.72 Å². The number of nitrogens with one attached hydrogen (secondary N) is 1.